The quantitative estimate of drug-likeness (QED) is 0.895. The number of rotatable bonds is 4. The second-order valence-electron chi connectivity index (χ2n) is 6.26. The van der Waals surface area contributed by atoms with Gasteiger partial charge in [0.1, 0.15) is 18.5 Å². The van der Waals surface area contributed by atoms with Crippen molar-refractivity contribution in [3.63, 3.8) is 0 Å². The van der Waals surface area contributed by atoms with Gasteiger partial charge >= 0.3 is 6.09 Å². The van der Waals surface area contributed by atoms with E-state index in [9.17, 15) is 18.8 Å². The summed E-state index contributed by atoms with van der Waals surface area (Å²) >= 11 is 0. The lowest BCUT2D eigenvalue weighted by Gasteiger charge is -2.22. The number of anilines is 1. The highest BCUT2D eigenvalue weighted by Gasteiger charge is 2.41. The van der Waals surface area contributed by atoms with Gasteiger partial charge in [-0.1, -0.05) is 36.4 Å². The minimum Gasteiger partial charge on any atom is -0.444 e. The van der Waals surface area contributed by atoms with Crippen LogP contribution in [-0.4, -0.2) is 28.8 Å². The fourth-order valence-electron chi connectivity index (χ4n) is 2.91. The molecule has 1 fully saturated rings. The number of benzene rings is 2. The second kappa shape index (κ2) is 7.99. The van der Waals surface area contributed by atoms with Crippen molar-refractivity contribution in [1.29, 1.82) is 0 Å². The fraction of sp³-hybridized carbons (Fsp3) is 0.250. The van der Waals surface area contributed by atoms with E-state index in [0.717, 1.165) is 10.5 Å². The maximum Gasteiger partial charge on any atom is 0.417 e. The van der Waals surface area contributed by atoms with Crippen molar-refractivity contribution >= 4 is 23.6 Å². The molecule has 0 aromatic heterocycles. The molecule has 140 valence electrons. The Labute approximate surface area is 155 Å². The molecule has 3 rings (SSSR count). The van der Waals surface area contributed by atoms with Gasteiger partial charge in [-0.2, -0.15) is 0 Å². The largest absolute Gasteiger partial charge is 0.444 e. The van der Waals surface area contributed by atoms with Crippen molar-refractivity contribution < 1.29 is 23.5 Å². The Bertz CT molecular complexity index is 870. The predicted octanol–water partition coefficient (Wildman–Crippen LogP) is 3.40. The Balaban J connectivity index is 1.68. The molecule has 7 heteroatoms. The molecule has 1 aliphatic rings. The number of halogens is 1. The minimum atomic E-state index is -0.983. The summed E-state index contributed by atoms with van der Waals surface area (Å²) in [6.07, 6.45) is -0.599. The van der Waals surface area contributed by atoms with E-state index in [1.807, 2.05) is 18.2 Å². The molecule has 6 nitrogen and oxygen atoms in total. The lowest BCUT2D eigenvalue weighted by atomic mass is 10.1. The van der Waals surface area contributed by atoms with Crippen LogP contribution < -0.4 is 5.32 Å². The van der Waals surface area contributed by atoms with E-state index in [-0.39, 0.29) is 25.0 Å². The van der Waals surface area contributed by atoms with E-state index in [0.29, 0.717) is 5.69 Å². The molecule has 0 spiro atoms. The first-order valence-electron chi connectivity index (χ1n) is 8.56. The summed E-state index contributed by atoms with van der Waals surface area (Å²) in [7, 11) is 0. The fourth-order valence-corrected chi connectivity index (χ4v) is 2.91. The van der Waals surface area contributed by atoms with Crippen molar-refractivity contribution in [3.8, 4) is 0 Å². The molecule has 1 saturated heterocycles. The summed E-state index contributed by atoms with van der Waals surface area (Å²) < 4.78 is 18.8. The van der Waals surface area contributed by atoms with Gasteiger partial charge in [-0.25, -0.2) is 14.1 Å². The van der Waals surface area contributed by atoms with Crippen LogP contribution in [0.4, 0.5) is 14.9 Å². The van der Waals surface area contributed by atoms with Gasteiger partial charge < -0.3 is 10.1 Å². The number of nitrogens with one attached hydrogen (secondary N) is 1. The van der Waals surface area contributed by atoms with Crippen molar-refractivity contribution in [2.75, 3.05) is 5.32 Å². The number of hydrogen-bond donors (Lipinski definition) is 1. The zero-order chi connectivity index (χ0) is 19.4. The molecule has 0 saturated carbocycles. The highest BCUT2D eigenvalue weighted by Crippen LogP contribution is 2.24. The monoisotopic (exact) mass is 370 g/mol. The van der Waals surface area contributed by atoms with Crippen LogP contribution in [0, 0.1) is 12.7 Å². The summed E-state index contributed by atoms with van der Waals surface area (Å²) in [5.41, 5.74) is 1.36. The van der Waals surface area contributed by atoms with E-state index in [4.69, 9.17) is 4.74 Å². The summed E-state index contributed by atoms with van der Waals surface area (Å²) in [4.78, 5) is 37.9. The normalized spacial score (nSPS) is 16.3. The average Bonchev–Trinajstić information content (AvgIpc) is 3.06. The third kappa shape index (κ3) is 4.13. The lowest BCUT2D eigenvalue weighted by Crippen LogP contribution is -2.45. The lowest BCUT2D eigenvalue weighted by molar-refractivity contribution is -0.131. The Morgan fingerprint density at radius 3 is 2.67 bits per heavy atom. The van der Waals surface area contributed by atoms with Crippen LogP contribution >= 0.6 is 0 Å². The van der Waals surface area contributed by atoms with E-state index in [1.165, 1.54) is 19.1 Å². The number of likely N-dealkylation sites (tertiary alicyclic amines) is 1. The van der Waals surface area contributed by atoms with Gasteiger partial charge in [0, 0.05) is 17.7 Å². The molecule has 0 bridgehead atoms. The molecule has 27 heavy (non-hydrogen) atoms. The smallest absolute Gasteiger partial charge is 0.417 e. The Hall–Kier alpha value is -3.22. The third-order valence-corrected chi connectivity index (χ3v) is 4.44. The molecule has 0 radical (unpaired) electrons. The molecule has 1 N–H and O–H groups in total. The molecule has 1 atom stereocenters. The Morgan fingerprint density at radius 1 is 1.19 bits per heavy atom. The molecular weight excluding hydrogens is 351 g/mol. The molecular formula is C20H19FN2O4. The maximum atomic E-state index is 13.6. The standard InChI is InChI=1S/C20H19FN2O4/c1-13-15(21)8-5-9-16(13)22-19(25)17-10-11-18(24)23(17)20(26)27-12-14-6-3-2-4-7-14/h2-9,17H,10-12H2,1H3,(H,22,25)/t17-/m0/s1. The third-order valence-electron chi connectivity index (χ3n) is 4.44. The Morgan fingerprint density at radius 2 is 1.93 bits per heavy atom. The van der Waals surface area contributed by atoms with Crippen LogP contribution in [0.1, 0.15) is 24.0 Å². The highest BCUT2D eigenvalue weighted by molar-refractivity contribution is 6.04. The highest BCUT2D eigenvalue weighted by atomic mass is 19.1. The van der Waals surface area contributed by atoms with E-state index < -0.39 is 29.8 Å². The number of carbonyl (C=O) groups excluding carboxylic acids is 3. The van der Waals surface area contributed by atoms with E-state index in [2.05, 4.69) is 5.32 Å². The van der Waals surface area contributed by atoms with Gasteiger partial charge in [0.15, 0.2) is 0 Å². The first-order chi connectivity index (χ1) is 13.0. The van der Waals surface area contributed by atoms with Crippen LogP contribution in [0.3, 0.4) is 0 Å². The van der Waals surface area contributed by atoms with Gasteiger partial charge in [0.25, 0.3) is 0 Å². The zero-order valence-electron chi connectivity index (χ0n) is 14.8. The Kier molecular flexibility index (Phi) is 5.49. The van der Waals surface area contributed by atoms with Crippen molar-refractivity contribution in [3.05, 3.63) is 65.5 Å². The minimum absolute atomic E-state index is 0.000791. The van der Waals surface area contributed by atoms with E-state index >= 15 is 0 Å². The SMILES string of the molecule is Cc1c(F)cccc1NC(=O)[C@@H]1CCC(=O)N1C(=O)OCc1ccccc1. The molecule has 2 aromatic rings. The number of amides is 3. The summed E-state index contributed by atoms with van der Waals surface area (Å²) in [5, 5.41) is 2.59. The number of imide groups is 1. The average molecular weight is 370 g/mol. The van der Waals surface area contributed by atoms with Gasteiger partial charge in [0.2, 0.25) is 11.8 Å². The summed E-state index contributed by atoms with van der Waals surface area (Å²) in [6, 6.07) is 12.4. The number of ether oxygens (including phenoxy) is 1. The maximum absolute atomic E-state index is 13.6. The van der Waals surface area contributed by atoms with Crippen LogP contribution in [0.25, 0.3) is 0 Å². The predicted molar refractivity (Wildman–Crippen MR) is 96.3 cm³/mol. The molecule has 2 aromatic carbocycles. The van der Waals surface area contributed by atoms with Gasteiger partial charge in [0.05, 0.1) is 0 Å². The van der Waals surface area contributed by atoms with Crippen LogP contribution in [0.2, 0.25) is 0 Å². The van der Waals surface area contributed by atoms with Gasteiger partial charge in [-0.05, 0) is 31.0 Å². The van der Waals surface area contributed by atoms with Gasteiger partial charge in [-0.3, -0.25) is 9.59 Å². The van der Waals surface area contributed by atoms with Crippen molar-refractivity contribution in [1.82, 2.24) is 4.90 Å². The molecule has 3 amide bonds. The summed E-state index contributed by atoms with van der Waals surface area (Å²) in [5.74, 6) is -1.47. The zero-order valence-corrected chi connectivity index (χ0v) is 14.8. The van der Waals surface area contributed by atoms with Gasteiger partial charge in [-0.15, -0.1) is 0 Å². The number of hydrogen-bond acceptors (Lipinski definition) is 4. The molecule has 0 aliphatic carbocycles. The van der Waals surface area contributed by atoms with E-state index in [1.54, 1.807) is 18.2 Å². The summed E-state index contributed by atoms with van der Waals surface area (Å²) in [6.45, 7) is 1.54. The van der Waals surface area contributed by atoms with Crippen LogP contribution in [0.15, 0.2) is 48.5 Å². The topological polar surface area (TPSA) is 75.7 Å². The first-order valence-corrected chi connectivity index (χ1v) is 8.56. The van der Waals surface area contributed by atoms with Crippen molar-refractivity contribution in [2.24, 2.45) is 0 Å². The van der Waals surface area contributed by atoms with Crippen LogP contribution in [0.5, 0.6) is 0 Å². The van der Waals surface area contributed by atoms with Crippen molar-refractivity contribution in [2.45, 2.75) is 32.4 Å². The molecule has 1 heterocycles. The second-order valence-corrected chi connectivity index (χ2v) is 6.26. The van der Waals surface area contributed by atoms with Crippen LogP contribution in [-0.2, 0) is 20.9 Å². The number of carbonyl (C=O) groups is 3. The molecule has 0 unspecified atom stereocenters. The molecule has 1 aliphatic heterocycles. The number of nitrogens with zero attached hydrogens (tertiary/aromatic N) is 1. The first kappa shape index (κ1) is 18.6.